The Morgan fingerprint density at radius 1 is 1.25 bits per heavy atom. The highest BCUT2D eigenvalue weighted by Crippen LogP contribution is 2.17. The van der Waals surface area contributed by atoms with Gasteiger partial charge in [0.25, 0.3) is 0 Å². The second-order valence-corrected chi connectivity index (χ2v) is 5.90. The van der Waals surface area contributed by atoms with Crippen LogP contribution in [-0.2, 0) is 0 Å². The molecule has 0 heterocycles. The lowest BCUT2D eigenvalue weighted by Gasteiger charge is -2.18. The van der Waals surface area contributed by atoms with Crippen molar-refractivity contribution in [3.05, 3.63) is 35.0 Å². The highest BCUT2D eigenvalue weighted by Gasteiger charge is 2.17. The van der Waals surface area contributed by atoms with Crippen molar-refractivity contribution in [2.24, 2.45) is 0 Å². The molecule has 88 valence electrons. The first kappa shape index (κ1) is 13.1. The van der Waals surface area contributed by atoms with E-state index in [1.54, 1.807) is 18.0 Å². The predicted molar refractivity (Wildman–Crippen MR) is 71.3 cm³/mol. The molecule has 0 spiro atoms. The van der Waals surface area contributed by atoms with E-state index in [9.17, 15) is 5.21 Å². The minimum atomic E-state index is -0.339. The monoisotopic (exact) mass is 237 g/mol. The summed E-state index contributed by atoms with van der Waals surface area (Å²) in [6.45, 7) is 7.80. The number of nitrogens with zero attached hydrogens (tertiary/aromatic N) is 1. The summed E-state index contributed by atoms with van der Waals surface area (Å²) in [5.74, 6) is 0.712. The summed E-state index contributed by atoms with van der Waals surface area (Å²) in [7, 11) is 0. The van der Waals surface area contributed by atoms with Crippen molar-refractivity contribution in [3.63, 3.8) is 0 Å². The molecule has 0 N–H and O–H groups in total. The normalized spacial score (nSPS) is 12.9. The molecule has 0 fully saturated rings. The Kier molecular flexibility index (Phi) is 4.42. The maximum atomic E-state index is 11.6. The SMILES string of the molecule is Cc1ccc(SCC=[N+]([O-])C(C)(C)C)cc1. The van der Waals surface area contributed by atoms with E-state index in [-0.39, 0.29) is 5.54 Å². The topological polar surface area (TPSA) is 26.1 Å². The molecule has 0 saturated carbocycles. The van der Waals surface area contributed by atoms with Gasteiger partial charge in [0, 0.05) is 25.7 Å². The first-order chi connectivity index (χ1) is 7.39. The lowest BCUT2D eigenvalue weighted by molar-refractivity contribution is -0.531. The van der Waals surface area contributed by atoms with E-state index in [0.717, 1.165) is 4.74 Å². The zero-order chi connectivity index (χ0) is 12.2. The molecule has 1 aromatic rings. The maximum absolute atomic E-state index is 11.6. The Morgan fingerprint density at radius 2 is 1.81 bits per heavy atom. The van der Waals surface area contributed by atoms with E-state index < -0.39 is 0 Å². The molecule has 1 aromatic carbocycles. The number of thioether (sulfide) groups is 1. The molecule has 0 amide bonds. The fourth-order valence-corrected chi connectivity index (χ4v) is 1.84. The number of aryl methyl sites for hydroxylation is 1. The van der Waals surface area contributed by atoms with Gasteiger partial charge in [-0.3, -0.25) is 0 Å². The number of rotatable bonds is 3. The van der Waals surface area contributed by atoms with Crippen molar-refractivity contribution in [3.8, 4) is 0 Å². The Hall–Kier alpha value is -0.960. The summed E-state index contributed by atoms with van der Waals surface area (Å²) in [5, 5.41) is 11.6. The van der Waals surface area contributed by atoms with E-state index in [1.807, 2.05) is 20.8 Å². The summed E-state index contributed by atoms with van der Waals surface area (Å²) >= 11 is 1.68. The van der Waals surface area contributed by atoms with Crippen molar-refractivity contribution in [1.82, 2.24) is 0 Å². The van der Waals surface area contributed by atoms with Crippen LogP contribution in [0.25, 0.3) is 0 Å². The van der Waals surface area contributed by atoms with Crippen molar-refractivity contribution >= 4 is 18.0 Å². The molecule has 0 aliphatic rings. The van der Waals surface area contributed by atoms with Crippen LogP contribution >= 0.6 is 11.8 Å². The lowest BCUT2D eigenvalue weighted by atomic mass is 10.1. The average Bonchev–Trinajstić information content (AvgIpc) is 2.19. The Morgan fingerprint density at radius 3 is 2.31 bits per heavy atom. The molecule has 16 heavy (non-hydrogen) atoms. The second kappa shape index (κ2) is 5.39. The molecule has 0 unspecified atom stereocenters. The minimum Gasteiger partial charge on any atom is -0.624 e. The van der Waals surface area contributed by atoms with Crippen molar-refractivity contribution in [1.29, 1.82) is 0 Å². The summed E-state index contributed by atoms with van der Waals surface area (Å²) in [6, 6.07) is 8.34. The highest BCUT2D eigenvalue weighted by atomic mass is 32.2. The van der Waals surface area contributed by atoms with Gasteiger partial charge in [-0.15, -0.1) is 11.8 Å². The zero-order valence-electron chi connectivity index (χ0n) is 10.4. The third kappa shape index (κ3) is 4.27. The van der Waals surface area contributed by atoms with Crippen molar-refractivity contribution in [2.75, 3.05) is 5.75 Å². The van der Waals surface area contributed by atoms with Crippen LogP contribution in [0.5, 0.6) is 0 Å². The van der Waals surface area contributed by atoms with Crippen LogP contribution in [0.1, 0.15) is 26.3 Å². The number of hydroxylamine groups is 1. The molecule has 0 aliphatic heterocycles. The molecule has 0 radical (unpaired) electrons. The van der Waals surface area contributed by atoms with Crippen LogP contribution in [0, 0.1) is 12.1 Å². The van der Waals surface area contributed by atoms with Gasteiger partial charge in [-0.25, -0.2) is 4.74 Å². The molecular formula is C13H19NOS. The maximum Gasteiger partial charge on any atom is 0.164 e. The quantitative estimate of drug-likeness (QED) is 0.264. The van der Waals surface area contributed by atoms with Crippen LogP contribution < -0.4 is 0 Å². The summed E-state index contributed by atoms with van der Waals surface area (Å²) in [4.78, 5) is 1.20. The number of hydrogen-bond acceptors (Lipinski definition) is 2. The van der Waals surface area contributed by atoms with Gasteiger partial charge in [0.1, 0.15) is 0 Å². The first-order valence-electron chi connectivity index (χ1n) is 5.39. The Balaban J connectivity index is 2.50. The molecule has 0 saturated heterocycles. The van der Waals surface area contributed by atoms with Gasteiger partial charge in [0.15, 0.2) is 11.8 Å². The summed E-state index contributed by atoms with van der Waals surface area (Å²) in [6.07, 6.45) is 1.70. The molecule has 0 bridgehead atoms. The highest BCUT2D eigenvalue weighted by molar-refractivity contribution is 7.99. The first-order valence-corrected chi connectivity index (χ1v) is 6.37. The lowest BCUT2D eigenvalue weighted by Crippen LogP contribution is -2.29. The van der Waals surface area contributed by atoms with Gasteiger partial charge < -0.3 is 5.21 Å². The van der Waals surface area contributed by atoms with Gasteiger partial charge in [-0.2, -0.15) is 0 Å². The second-order valence-electron chi connectivity index (χ2n) is 4.80. The van der Waals surface area contributed by atoms with Crippen molar-refractivity contribution in [2.45, 2.75) is 38.1 Å². The third-order valence-corrected chi connectivity index (χ3v) is 3.09. The van der Waals surface area contributed by atoms with E-state index in [4.69, 9.17) is 0 Å². The van der Waals surface area contributed by atoms with Gasteiger partial charge in [-0.05, 0) is 19.1 Å². The zero-order valence-corrected chi connectivity index (χ0v) is 11.2. The Labute approximate surface area is 102 Å². The third-order valence-electron chi connectivity index (χ3n) is 2.17. The smallest absolute Gasteiger partial charge is 0.164 e. The molecule has 0 aliphatic carbocycles. The van der Waals surface area contributed by atoms with Crippen molar-refractivity contribution < 1.29 is 4.74 Å². The van der Waals surface area contributed by atoms with Crippen LogP contribution in [-0.4, -0.2) is 22.2 Å². The summed E-state index contributed by atoms with van der Waals surface area (Å²) < 4.78 is 1.02. The number of benzene rings is 1. The molecule has 3 heteroatoms. The fourth-order valence-electron chi connectivity index (χ4n) is 1.11. The largest absolute Gasteiger partial charge is 0.624 e. The Bertz CT molecular complexity index is 363. The predicted octanol–water partition coefficient (Wildman–Crippen LogP) is 3.47. The molecular weight excluding hydrogens is 218 g/mol. The van der Waals surface area contributed by atoms with Crippen LogP contribution in [0.2, 0.25) is 0 Å². The van der Waals surface area contributed by atoms with Gasteiger partial charge >= 0.3 is 0 Å². The van der Waals surface area contributed by atoms with Crippen LogP contribution in [0.4, 0.5) is 0 Å². The van der Waals surface area contributed by atoms with Gasteiger partial charge in [0.05, 0.1) is 5.75 Å². The molecule has 1 rings (SSSR count). The minimum absolute atomic E-state index is 0.339. The molecule has 0 aromatic heterocycles. The fraction of sp³-hybridized carbons (Fsp3) is 0.462. The van der Waals surface area contributed by atoms with Gasteiger partial charge in [-0.1, -0.05) is 17.7 Å². The van der Waals surface area contributed by atoms with E-state index in [0.29, 0.717) is 5.75 Å². The molecule has 0 atom stereocenters. The number of hydrogen-bond donors (Lipinski definition) is 0. The van der Waals surface area contributed by atoms with Gasteiger partial charge in [0.2, 0.25) is 0 Å². The van der Waals surface area contributed by atoms with E-state index in [2.05, 4.69) is 31.2 Å². The van der Waals surface area contributed by atoms with E-state index >= 15 is 0 Å². The summed E-state index contributed by atoms with van der Waals surface area (Å²) in [5.41, 5.74) is 0.918. The van der Waals surface area contributed by atoms with E-state index in [1.165, 1.54) is 10.5 Å². The average molecular weight is 237 g/mol. The van der Waals surface area contributed by atoms with Crippen LogP contribution in [0.15, 0.2) is 29.2 Å². The standard InChI is InChI=1S/C13H19NOS/c1-11-5-7-12(8-6-11)16-10-9-14(15)13(2,3)4/h5-9H,10H2,1-4H3. The van der Waals surface area contributed by atoms with Crippen LogP contribution in [0.3, 0.4) is 0 Å². The molecule has 2 nitrogen and oxygen atoms in total.